The van der Waals surface area contributed by atoms with Crippen molar-refractivity contribution in [2.45, 2.75) is 39.5 Å². The fraction of sp³-hybridized carbons (Fsp3) is 0.222. The van der Waals surface area contributed by atoms with Crippen molar-refractivity contribution in [1.82, 2.24) is 15.4 Å². The van der Waals surface area contributed by atoms with Gasteiger partial charge in [0.25, 0.3) is 5.91 Å². The first-order chi connectivity index (χ1) is 15.7. The highest BCUT2D eigenvalue weighted by Gasteiger charge is 2.13. The third kappa shape index (κ3) is 4.78. The van der Waals surface area contributed by atoms with Gasteiger partial charge in [0.15, 0.2) is 0 Å². The molecule has 162 valence electrons. The summed E-state index contributed by atoms with van der Waals surface area (Å²) in [7, 11) is 0. The van der Waals surface area contributed by atoms with Gasteiger partial charge in [0.1, 0.15) is 0 Å². The summed E-state index contributed by atoms with van der Waals surface area (Å²) < 4.78 is 0. The lowest BCUT2D eigenvalue weighted by molar-refractivity contribution is 0.0955. The Labute approximate surface area is 188 Å². The highest BCUT2D eigenvalue weighted by atomic mass is 16.2. The molecular weight excluding hydrogens is 396 g/mol. The molecule has 0 bridgehead atoms. The number of unbranched alkanes of at least 4 members (excludes halogenated alkanes) is 1. The van der Waals surface area contributed by atoms with Crippen LogP contribution in [0.2, 0.25) is 0 Å². The normalized spacial score (nSPS) is 11.3. The summed E-state index contributed by atoms with van der Waals surface area (Å²) in [5, 5.41) is 5.39. The van der Waals surface area contributed by atoms with Gasteiger partial charge in [-0.15, -0.1) is 0 Å². The molecule has 5 nitrogen and oxygen atoms in total. The van der Waals surface area contributed by atoms with Crippen molar-refractivity contribution in [3.05, 3.63) is 89.2 Å². The van der Waals surface area contributed by atoms with Crippen LogP contribution >= 0.6 is 0 Å². The number of nitrogens with zero attached hydrogens (tertiary/aromatic N) is 2. The van der Waals surface area contributed by atoms with Gasteiger partial charge >= 0.3 is 0 Å². The molecule has 0 aliphatic carbocycles. The molecule has 0 saturated heterocycles. The molecule has 2 aromatic heterocycles. The van der Waals surface area contributed by atoms with E-state index < -0.39 is 0 Å². The number of aromatic amines is 1. The van der Waals surface area contributed by atoms with Gasteiger partial charge in [0, 0.05) is 34.4 Å². The van der Waals surface area contributed by atoms with Gasteiger partial charge in [0.05, 0.1) is 11.9 Å². The Morgan fingerprint density at radius 2 is 1.78 bits per heavy atom. The topological polar surface area (TPSA) is 70.1 Å². The van der Waals surface area contributed by atoms with Crippen LogP contribution in [-0.2, 0) is 12.8 Å². The van der Waals surface area contributed by atoms with Gasteiger partial charge < -0.3 is 4.98 Å². The third-order valence-electron chi connectivity index (χ3n) is 5.68. The molecule has 0 aliphatic rings. The second-order valence-electron chi connectivity index (χ2n) is 7.88. The number of hydrazone groups is 1. The Morgan fingerprint density at radius 1 is 1.03 bits per heavy atom. The average molecular weight is 425 g/mol. The van der Waals surface area contributed by atoms with Gasteiger partial charge in [0.2, 0.25) is 0 Å². The van der Waals surface area contributed by atoms with E-state index in [0.717, 1.165) is 53.4 Å². The zero-order valence-electron chi connectivity index (χ0n) is 18.6. The molecular formula is C27H28N4O. The molecule has 5 heteroatoms. The predicted molar refractivity (Wildman–Crippen MR) is 131 cm³/mol. The Balaban J connectivity index is 1.71. The Morgan fingerprint density at radius 3 is 2.50 bits per heavy atom. The number of hydrogen-bond donors (Lipinski definition) is 2. The van der Waals surface area contributed by atoms with E-state index in [2.05, 4.69) is 76.8 Å². The monoisotopic (exact) mass is 424 g/mol. The van der Waals surface area contributed by atoms with E-state index in [1.54, 1.807) is 30.7 Å². The second-order valence-corrected chi connectivity index (χ2v) is 7.88. The van der Waals surface area contributed by atoms with E-state index in [-0.39, 0.29) is 5.91 Å². The number of benzene rings is 2. The molecule has 0 spiro atoms. The molecule has 32 heavy (non-hydrogen) atoms. The predicted octanol–water partition coefficient (Wildman–Crippen LogP) is 5.90. The Bertz CT molecular complexity index is 1220. The lowest BCUT2D eigenvalue weighted by atomic mass is 10.0. The molecule has 0 fully saturated rings. The van der Waals surface area contributed by atoms with Crippen LogP contribution in [0.25, 0.3) is 22.2 Å². The van der Waals surface area contributed by atoms with Crippen LogP contribution in [-0.4, -0.2) is 22.1 Å². The van der Waals surface area contributed by atoms with Crippen molar-refractivity contribution >= 4 is 23.0 Å². The van der Waals surface area contributed by atoms with Crippen LogP contribution in [0.15, 0.2) is 72.1 Å². The number of carbonyl (C=O) groups is 1. The lowest BCUT2D eigenvalue weighted by Crippen LogP contribution is -2.17. The summed E-state index contributed by atoms with van der Waals surface area (Å²) in [6, 6.07) is 18.5. The molecule has 2 aromatic carbocycles. The first-order valence-corrected chi connectivity index (χ1v) is 11.2. The minimum absolute atomic E-state index is 0.263. The first-order valence-electron chi connectivity index (χ1n) is 11.2. The van der Waals surface area contributed by atoms with E-state index in [0.29, 0.717) is 5.56 Å². The zero-order chi connectivity index (χ0) is 22.3. The summed E-state index contributed by atoms with van der Waals surface area (Å²) in [6.07, 6.45) is 9.30. The van der Waals surface area contributed by atoms with Crippen molar-refractivity contribution in [1.29, 1.82) is 0 Å². The van der Waals surface area contributed by atoms with E-state index in [1.807, 2.05) is 0 Å². The third-order valence-corrected chi connectivity index (χ3v) is 5.68. The van der Waals surface area contributed by atoms with Crippen LogP contribution in [0.4, 0.5) is 0 Å². The number of H-pyrrole nitrogens is 1. The van der Waals surface area contributed by atoms with E-state index in [1.165, 1.54) is 11.1 Å². The standard InChI is InChI=1S/C27H28N4O/c1-3-5-6-20-9-12-25-23(17-20)24(18-29-31-27(32)22-13-15-28-16-14-22)26(30-25)21-10-7-19(4-2)8-11-21/h7-18,30H,3-6H2,1-2H3,(H,31,32)/b29-18+. The van der Waals surface area contributed by atoms with Gasteiger partial charge in [-0.2, -0.15) is 5.10 Å². The molecule has 4 aromatic rings. The summed E-state index contributed by atoms with van der Waals surface area (Å²) >= 11 is 0. The van der Waals surface area contributed by atoms with Crippen molar-refractivity contribution in [2.75, 3.05) is 0 Å². The largest absolute Gasteiger partial charge is 0.354 e. The minimum atomic E-state index is -0.263. The second kappa shape index (κ2) is 10.1. The summed E-state index contributed by atoms with van der Waals surface area (Å²) in [6.45, 7) is 4.36. The molecule has 2 N–H and O–H groups in total. The molecule has 1 amide bonds. The zero-order valence-corrected chi connectivity index (χ0v) is 18.6. The number of amides is 1. The molecule has 0 radical (unpaired) electrons. The van der Waals surface area contributed by atoms with Gasteiger partial charge in [-0.05, 0) is 60.2 Å². The number of nitrogens with one attached hydrogen (secondary N) is 2. The van der Waals surface area contributed by atoms with Gasteiger partial charge in [-0.1, -0.05) is 50.6 Å². The highest BCUT2D eigenvalue weighted by Crippen LogP contribution is 2.30. The fourth-order valence-corrected chi connectivity index (χ4v) is 3.79. The van der Waals surface area contributed by atoms with E-state index in [9.17, 15) is 4.79 Å². The summed E-state index contributed by atoms with van der Waals surface area (Å²) in [5.41, 5.74) is 9.88. The molecule has 0 saturated carbocycles. The van der Waals surface area contributed by atoms with Gasteiger partial charge in [-0.3, -0.25) is 9.78 Å². The van der Waals surface area contributed by atoms with Crippen molar-refractivity contribution in [3.63, 3.8) is 0 Å². The number of carbonyl (C=O) groups excluding carboxylic acids is 1. The SMILES string of the molecule is CCCCc1ccc2[nH]c(-c3ccc(CC)cc3)c(/C=N/NC(=O)c3ccncc3)c2c1. The smallest absolute Gasteiger partial charge is 0.271 e. The van der Waals surface area contributed by atoms with Crippen molar-refractivity contribution < 1.29 is 4.79 Å². The highest BCUT2D eigenvalue weighted by molar-refractivity contribution is 6.06. The first kappa shape index (κ1) is 21.5. The maximum atomic E-state index is 12.4. The van der Waals surface area contributed by atoms with Crippen molar-refractivity contribution in [2.24, 2.45) is 5.10 Å². The number of aryl methyl sites for hydroxylation is 2. The number of fused-ring (bicyclic) bond motifs is 1. The minimum Gasteiger partial charge on any atom is -0.354 e. The Hall–Kier alpha value is -3.73. The lowest BCUT2D eigenvalue weighted by Gasteiger charge is -2.04. The van der Waals surface area contributed by atoms with Crippen LogP contribution in [0.1, 0.15) is 53.7 Å². The van der Waals surface area contributed by atoms with Crippen LogP contribution < -0.4 is 5.43 Å². The quantitative estimate of drug-likeness (QED) is 0.273. The van der Waals surface area contributed by atoms with Gasteiger partial charge in [-0.25, -0.2) is 5.43 Å². The van der Waals surface area contributed by atoms with Crippen LogP contribution in [0.5, 0.6) is 0 Å². The molecule has 0 aliphatic heterocycles. The summed E-state index contributed by atoms with van der Waals surface area (Å²) in [4.78, 5) is 19.9. The molecule has 0 atom stereocenters. The number of rotatable bonds is 8. The average Bonchev–Trinajstić information content (AvgIpc) is 3.21. The summed E-state index contributed by atoms with van der Waals surface area (Å²) in [5.74, 6) is -0.263. The Kier molecular flexibility index (Phi) is 6.75. The van der Waals surface area contributed by atoms with E-state index >= 15 is 0 Å². The molecule has 0 unspecified atom stereocenters. The fourth-order valence-electron chi connectivity index (χ4n) is 3.79. The van der Waals surface area contributed by atoms with Crippen molar-refractivity contribution in [3.8, 4) is 11.3 Å². The van der Waals surface area contributed by atoms with E-state index in [4.69, 9.17) is 0 Å². The van der Waals surface area contributed by atoms with Crippen LogP contribution in [0.3, 0.4) is 0 Å². The molecule has 2 heterocycles. The number of aromatic nitrogens is 2. The maximum Gasteiger partial charge on any atom is 0.271 e. The number of hydrogen-bond acceptors (Lipinski definition) is 3. The maximum absolute atomic E-state index is 12.4. The van der Waals surface area contributed by atoms with Crippen LogP contribution in [0, 0.1) is 0 Å². The molecule has 4 rings (SSSR count). The number of pyridine rings is 1.